The number of hydrogen-bond acceptors (Lipinski definition) is 4. The third-order valence-electron chi connectivity index (χ3n) is 3.16. The van der Waals surface area contributed by atoms with Crippen molar-refractivity contribution in [2.45, 2.75) is 4.90 Å². The first kappa shape index (κ1) is 17.0. The Morgan fingerprint density at radius 1 is 0.773 bits per heavy atom. The van der Waals surface area contributed by atoms with E-state index >= 15 is 0 Å². The molecule has 1 N–H and O–H groups in total. The van der Waals surface area contributed by atoms with E-state index in [0.29, 0.717) is 5.39 Å². The Hall–Kier alpha value is -1.37. The van der Waals surface area contributed by atoms with Gasteiger partial charge in [0.15, 0.2) is 0 Å². The van der Waals surface area contributed by atoms with Crippen LogP contribution in [-0.2, 0) is 10.1 Å². The smallest absolute Gasteiger partial charge is 0.744 e. The first-order chi connectivity index (χ1) is 10.0. The maximum absolute atomic E-state index is 11.0. The molecule has 22 heavy (non-hydrogen) atoms. The number of hydrogen-bond donors (Lipinski definition) is 1. The minimum atomic E-state index is -4.42. The van der Waals surface area contributed by atoms with Gasteiger partial charge in [-0.25, -0.2) is 8.42 Å². The Morgan fingerprint density at radius 3 is 2.09 bits per heavy atom. The summed E-state index contributed by atoms with van der Waals surface area (Å²) in [7, 11) is -4.42. The van der Waals surface area contributed by atoms with Crippen LogP contribution in [0.25, 0.3) is 10.8 Å². The molecule has 106 valence electrons. The summed E-state index contributed by atoms with van der Waals surface area (Å²) in [6, 6.07) is 19.6. The van der Waals surface area contributed by atoms with E-state index in [9.17, 15) is 13.0 Å². The number of nitrogens with one attached hydrogen (secondary N) is 1. The standard InChI is InChI=1S/C16H13NO3S.Na/c18-21(19,20)16-9-7-12-10-15(8-6-13(12)11-16)17-14-4-2-1-3-5-14;/h1-11,17H,(H,18,19,20);/q;+1/p-1. The van der Waals surface area contributed by atoms with E-state index in [0.717, 1.165) is 16.8 Å². The van der Waals surface area contributed by atoms with Gasteiger partial charge < -0.3 is 9.87 Å². The summed E-state index contributed by atoms with van der Waals surface area (Å²) >= 11 is 0. The van der Waals surface area contributed by atoms with Crippen molar-refractivity contribution in [1.82, 2.24) is 0 Å². The maximum atomic E-state index is 11.0. The molecule has 0 aliphatic rings. The number of benzene rings is 3. The first-order valence-electron chi connectivity index (χ1n) is 6.34. The quantitative estimate of drug-likeness (QED) is 0.563. The summed E-state index contributed by atoms with van der Waals surface area (Å²) in [6.45, 7) is 0. The zero-order chi connectivity index (χ0) is 14.9. The van der Waals surface area contributed by atoms with Crippen LogP contribution in [0.15, 0.2) is 71.6 Å². The normalized spacial score (nSPS) is 11.0. The second-order valence-corrected chi connectivity index (χ2v) is 6.05. The van der Waals surface area contributed by atoms with Crippen LogP contribution in [0.3, 0.4) is 0 Å². The number of anilines is 2. The average Bonchev–Trinajstić information content (AvgIpc) is 2.47. The zero-order valence-electron chi connectivity index (χ0n) is 12.0. The third-order valence-corrected chi connectivity index (χ3v) is 3.99. The maximum Gasteiger partial charge on any atom is 1.00 e. The van der Waals surface area contributed by atoms with Gasteiger partial charge in [-0.05, 0) is 47.2 Å². The molecule has 3 rings (SSSR count). The summed E-state index contributed by atoms with van der Waals surface area (Å²) in [5.74, 6) is 0. The molecule has 3 aromatic carbocycles. The number of fused-ring (bicyclic) bond motifs is 1. The van der Waals surface area contributed by atoms with Crippen LogP contribution >= 0.6 is 0 Å². The summed E-state index contributed by atoms with van der Waals surface area (Å²) in [6.07, 6.45) is 0. The molecule has 6 heteroatoms. The van der Waals surface area contributed by atoms with Crippen LogP contribution in [0.2, 0.25) is 0 Å². The molecule has 0 amide bonds. The van der Waals surface area contributed by atoms with Gasteiger partial charge in [-0.1, -0.05) is 30.3 Å². The van der Waals surface area contributed by atoms with Gasteiger partial charge in [-0.3, -0.25) is 0 Å². The van der Waals surface area contributed by atoms with E-state index in [2.05, 4.69) is 5.32 Å². The van der Waals surface area contributed by atoms with E-state index < -0.39 is 10.1 Å². The molecule has 0 aromatic heterocycles. The molecule has 0 fully saturated rings. The van der Waals surface area contributed by atoms with Gasteiger partial charge in [0.2, 0.25) is 0 Å². The topological polar surface area (TPSA) is 69.2 Å². The van der Waals surface area contributed by atoms with Gasteiger partial charge in [-0.15, -0.1) is 0 Å². The van der Waals surface area contributed by atoms with Crippen molar-refractivity contribution < 1.29 is 42.5 Å². The molecule has 4 nitrogen and oxygen atoms in total. The van der Waals surface area contributed by atoms with Crippen LogP contribution < -0.4 is 34.9 Å². The van der Waals surface area contributed by atoms with Gasteiger partial charge in [0, 0.05) is 11.4 Å². The fourth-order valence-electron chi connectivity index (χ4n) is 2.15. The minimum absolute atomic E-state index is 0. The number of rotatable bonds is 3. The van der Waals surface area contributed by atoms with Gasteiger partial charge >= 0.3 is 29.6 Å². The molecule has 0 bridgehead atoms. The molecule has 0 atom stereocenters. The minimum Gasteiger partial charge on any atom is -0.744 e. The van der Waals surface area contributed by atoms with Crippen molar-refractivity contribution in [1.29, 1.82) is 0 Å². The van der Waals surface area contributed by atoms with Crippen molar-refractivity contribution in [2.75, 3.05) is 5.32 Å². The SMILES string of the molecule is O=S(=O)([O-])c1ccc2cc(Nc3ccccc3)ccc2c1.[Na+]. The molecular formula is C16H12NNaO3S. The predicted molar refractivity (Wildman–Crippen MR) is 81.6 cm³/mol. The fourth-order valence-corrected chi connectivity index (χ4v) is 2.65. The average molecular weight is 321 g/mol. The van der Waals surface area contributed by atoms with E-state index in [1.807, 2.05) is 42.5 Å². The molecule has 0 saturated heterocycles. The number of para-hydroxylation sites is 1. The van der Waals surface area contributed by atoms with Gasteiger partial charge in [0.1, 0.15) is 10.1 Å². The molecule has 0 aliphatic carbocycles. The molecule has 0 unspecified atom stereocenters. The Kier molecular flexibility index (Phi) is 5.26. The molecule has 0 spiro atoms. The third kappa shape index (κ3) is 3.88. The second-order valence-electron chi connectivity index (χ2n) is 4.67. The summed E-state index contributed by atoms with van der Waals surface area (Å²) in [5.41, 5.74) is 1.86. The van der Waals surface area contributed by atoms with E-state index in [1.54, 1.807) is 12.1 Å². The Labute approximate surface area is 151 Å². The largest absolute Gasteiger partial charge is 1.00 e. The molecule has 3 aromatic rings. The van der Waals surface area contributed by atoms with Crippen molar-refractivity contribution in [3.63, 3.8) is 0 Å². The Bertz CT molecular complexity index is 896. The molecule has 0 radical (unpaired) electrons. The first-order valence-corrected chi connectivity index (χ1v) is 7.75. The van der Waals surface area contributed by atoms with Crippen molar-refractivity contribution in [3.05, 3.63) is 66.7 Å². The van der Waals surface area contributed by atoms with Gasteiger partial charge in [0.05, 0.1) is 4.90 Å². The van der Waals surface area contributed by atoms with Crippen molar-refractivity contribution in [2.24, 2.45) is 0 Å². The monoisotopic (exact) mass is 321 g/mol. The molecule has 0 heterocycles. The van der Waals surface area contributed by atoms with Crippen LogP contribution in [0.1, 0.15) is 0 Å². The summed E-state index contributed by atoms with van der Waals surface area (Å²) < 4.78 is 33.1. The van der Waals surface area contributed by atoms with Crippen molar-refractivity contribution >= 4 is 32.3 Å². The van der Waals surface area contributed by atoms with Crippen LogP contribution in [-0.4, -0.2) is 13.0 Å². The van der Waals surface area contributed by atoms with E-state index in [-0.39, 0.29) is 34.5 Å². The van der Waals surface area contributed by atoms with Gasteiger partial charge in [-0.2, -0.15) is 0 Å². The van der Waals surface area contributed by atoms with Crippen molar-refractivity contribution in [3.8, 4) is 0 Å². The molecular weight excluding hydrogens is 309 g/mol. The van der Waals surface area contributed by atoms with Gasteiger partial charge in [0.25, 0.3) is 0 Å². The zero-order valence-corrected chi connectivity index (χ0v) is 14.8. The Balaban J connectivity index is 0.00000176. The van der Waals surface area contributed by atoms with Crippen LogP contribution in [0.5, 0.6) is 0 Å². The summed E-state index contributed by atoms with van der Waals surface area (Å²) in [4.78, 5) is -0.209. The molecule has 0 aliphatic heterocycles. The molecule has 0 saturated carbocycles. The predicted octanol–water partition coefficient (Wildman–Crippen LogP) is 0.491. The Morgan fingerprint density at radius 2 is 1.41 bits per heavy atom. The fraction of sp³-hybridized carbons (Fsp3) is 0. The summed E-state index contributed by atoms with van der Waals surface area (Å²) in [5, 5.41) is 4.84. The second kappa shape index (κ2) is 6.81. The van der Waals surface area contributed by atoms with Crippen LogP contribution in [0, 0.1) is 0 Å². The van der Waals surface area contributed by atoms with Crippen LogP contribution in [0.4, 0.5) is 11.4 Å². The van der Waals surface area contributed by atoms with E-state index in [1.165, 1.54) is 12.1 Å². The van der Waals surface area contributed by atoms with E-state index in [4.69, 9.17) is 0 Å².